The van der Waals surface area contributed by atoms with Crippen LogP contribution in [0.2, 0.25) is 0 Å². The quantitative estimate of drug-likeness (QED) is 0.753. The summed E-state index contributed by atoms with van der Waals surface area (Å²) in [6.07, 6.45) is 6.68. The summed E-state index contributed by atoms with van der Waals surface area (Å²) in [5.41, 5.74) is 0. The highest BCUT2D eigenvalue weighted by atomic mass is 15.1. The van der Waals surface area contributed by atoms with Crippen molar-refractivity contribution in [2.75, 3.05) is 26.7 Å². The van der Waals surface area contributed by atoms with Crippen LogP contribution >= 0.6 is 0 Å². The van der Waals surface area contributed by atoms with E-state index in [9.17, 15) is 0 Å². The van der Waals surface area contributed by atoms with Gasteiger partial charge in [-0.05, 0) is 51.9 Å². The Kier molecular flexibility index (Phi) is 6.26. The maximum absolute atomic E-state index is 3.76. The van der Waals surface area contributed by atoms with Crippen molar-refractivity contribution in [1.29, 1.82) is 0 Å². The molecular formula is C13H28N2. The van der Waals surface area contributed by atoms with Crippen LogP contribution in [0.1, 0.15) is 46.0 Å². The van der Waals surface area contributed by atoms with Gasteiger partial charge in [0.2, 0.25) is 0 Å². The van der Waals surface area contributed by atoms with Crippen LogP contribution in [0.25, 0.3) is 0 Å². The smallest absolute Gasteiger partial charge is 0.00798 e. The molecule has 2 heteroatoms. The molecule has 0 spiro atoms. The molecule has 0 amide bonds. The monoisotopic (exact) mass is 212 g/mol. The zero-order valence-corrected chi connectivity index (χ0v) is 10.8. The van der Waals surface area contributed by atoms with Crippen LogP contribution in [-0.2, 0) is 0 Å². The van der Waals surface area contributed by atoms with Crippen LogP contribution in [0.15, 0.2) is 0 Å². The molecule has 1 rings (SSSR count). The second kappa shape index (κ2) is 7.24. The van der Waals surface area contributed by atoms with Gasteiger partial charge in [0.25, 0.3) is 0 Å². The van der Waals surface area contributed by atoms with Crippen molar-refractivity contribution in [3.8, 4) is 0 Å². The van der Waals surface area contributed by atoms with Gasteiger partial charge < -0.3 is 10.2 Å². The van der Waals surface area contributed by atoms with Crippen molar-refractivity contribution in [2.24, 2.45) is 5.92 Å². The van der Waals surface area contributed by atoms with E-state index in [1.807, 2.05) is 0 Å². The zero-order valence-electron chi connectivity index (χ0n) is 10.8. The summed E-state index contributed by atoms with van der Waals surface area (Å²) in [6.45, 7) is 8.37. The molecule has 1 heterocycles. The van der Waals surface area contributed by atoms with Crippen molar-refractivity contribution in [2.45, 2.75) is 52.0 Å². The van der Waals surface area contributed by atoms with E-state index in [1.165, 1.54) is 51.7 Å². The summed E-state index contributed by atoms with van der Waals surface area (Å²) in [5, 5.41) is 3.76. The third kappa shape index (κ3) is 4.98. The molecule has 0 aliphatic carbocycles. The lowest BCUT2D eigenvalue weighted by atomic mass is 10.0. The van der Waals surface area contributed by atoms with Crippen LogP contribution < -0.4 is 5.32 Å². The third-order valence-corrected chi connectivity index (χ3v) is 3.80. The molecule has 0 aromatic heterocycles. The highest BCUT2D eigenvalue weighted by Crippen LogP contribution is 2.11. The molecule has 1 aliphatic rings. The van der Waals surface area contributed by atoms with E-state index in [4.69, 9.17) is 0 Å². The first kappa shape index (κ1) is 13.0. The topological polar surface area (TPSA) is 15.3 Å². The van der Waals surface area contributed by atoms with Gasteiger partial charge in [-0.1, -0.05) is 26.7 Å². The van der Waals surface area contributed by atoms with Crippen LogP contribution in [0.5, 0.6) is 0 Å². The molecule has 1 atom stereocenters. The first-order valence-electron chi connectivity index (χ1n) is 6.68. The Bertz CT molecular complexity index is 155. The van der Waals surface area contributed by atoms with Gasteiger partial charge in [-0.25, -0.2) is 0 Å². The largest absolute Gasteiger partial charge is 0.314 e. The number of hydrogen-bond acceptors (Lipinski definition) is 2. The van der Waals surface area contributed by atoms with Gasteiger partial charge in [-0.2, -0.15) is 0 Å². The second-order valence-electron chi connectivity index (χ2n) is 5.02. The van der Waals surface area contributed by atoms with Gasteiger partial charge in [0.1, 0.15) is 0 Å². The molecule has 0 aromatic rings. The lowest BCUT2D eigenvalue weighted by molar-refractivity contribution is 0.339. The van der Waals surface area contributed by atoms with Crippen LogP contribution in [0.4, 0.5) is 0 Å². The summed E-state index contributed by atoms with van der Waals surface area (Å²) >= 11 is 0. The zero-order chi connectivity index (χ0) is 11.1. The SMILES string of the molecule is CCC(CC)CNC1CCCN(C)CC1. The van der Waals surface area contributed by atoms with E-state index < -0.39 is 0 Å². The van der Waals surface area contributed by atoms with E-state index in [2.05, 4.69) is 31.1 Å². The molecule has 1 saturated heterocycles. The number of nitrogens with one attached hydrogen (secondary N) is 1. The minimum absolute atomic E-state index is 0.774. The second-order valence-corrected chi connectivity index (χ2v) is 5.02. The maximum Gasteiger partial charge on any atom is 0.00798 e. The highest BCUT2D eigenvalue weighted by Gasteiger charge is 2.15. The summed E-state index contributed by atoms with van der Waals surface area (Å²) in [4.78, 5) is 2.46. The molecule has 1 fully saturated rings. The highest BCUT2D eigenvalue weighted by molar-refractivity contribution is 4.74. The Morgan fingerprint density at radius 2 is 1.93 bits per heavy atom. The lowest BCUT2D eigenvalue weighted by Crippen LogP contribution is -2.34. The fraction of sp³-hybridized carbons (Fsp3) is 1.00. The first-order valence-corrected chi connectivity index (χ1v) is 6.68. The van der Waals surface area contributed by atoms with Crippen molar-refractivity contribution in [3.63, 3.8) is 0 Å². The van der Waals surface area contributed by atoms with Crippen molar-refractivity contribution in [1.82, 2.24) is 10.2 Å². The minimum Gasteiger partial charge on any atom is -0.314 e. The molecule has 0 bridgehead atoms. The van der Waals surface area contributed by atoms with E-state index in [0.29, 0.717) is 0 Å². The molecule has 0 saturated carbocycles. The predicted molar refractivity (Wildman–Crippen MR) is 67.2 cm³/mol. The molecule has 90 valence electrons. The Balaban J connectivity index is 2.19. The molecule has 2 nitrogen and oxygen atoms in total. The first-order chi connectivity index (χ1) is 7.26. The Morgan fingerprint density at radius 3 is 2.60 bits per heavy atom. The van der Waals surface area contributed by atoms with Crippen LogP contribution in [0.3, 0.4) is 0 Å². The van der Waals surface area contributed by atoms with E-state index in [1.54, 1.807) is 0 Å². The molecule has 1 N–H and O–H groups in total. The number of nitrogens with zero attached hydrogens (tertiary/aromatic N) is 1. The number of rotatable bonds is 5. The van der Waals surface area contributed by atoms with Gasteiger partial charge in [-0.3, -0.25) is 0 Å². The minimum atomic E-state index is 0.774. The average molecular weight is 212 g/mol. The maximum atomic E-state index is 3.76. The summed E-state index contributed by atoms with van der Waals surface area (Å²) < 4.78 is 0. The standard InChI is InChI=1S/C13H28N2/c1-4-12(5-2)11-14-13-7-6-9-15(3)10-8-13/h12-14H,4-11H2,1-3H3. The normalized spacial score (nSPS) is 24.4. The molecule has 0 aromatic carbocycles. The Morgan fingerprint density at radius 1 is 1.20 bits per heavy atom. The van der Waals surface area contributed by atoms with E-state index in [-0.39, 0.29) is 0 Å². The van der Waals surface area contributed by atoms with Gasteiger partial charge >= 0.3 is 0 Å². The predicted octanol–water partition coefficient (Wildman–Crippen LogP) is 2.50. The van der Waals surface area contributed by atoms with Crippen LogP contribution in [0, 0.1) is 5.92 Å². The van der Waals surface area contributed by atoms with Crippen molar-refractivity contribution < 1.29 is 0 Å². The summed E-state index contributed by atoms with van der Waals surface area (Å²) in [7, 11) is 2.24. The van der Waals surface area contributed by atoms with Gasteiger partial charge in [0.15, 0.2) is 0 Å². The van der Waals surface area contributed by atoms with Crippen LogP contribution in [-0.4, -0.2) is 37.6 Å². The van der Waals surface area contributed by atoms with E-state index >= 15 is 0 Å². The van der Waals surface area contributed by atoms with E-state index in [0.717, 1.165) is 12.0 Å². The van der Waals surface area contributed by atoms with Gasteiger partial charge in [-0.15, -0.1) is 0 Å². The molecule has 0 radical (unpaired) electrons. The third-order valence-electron chi connectivity index (χ3n) is 3.80. The van der Waals surface area contributed by atoms with Crippen molar-refractivity contribution >= 4 is 0 Å². The average Bonchev–Trinajstić information content (AvgIpc) is 2.45. The number of hydrogen-bond donors (Lipinski definition) is 1. The Hall–Kier alpha value is -0.0800. The fourth-order valence-electron chi connectivity index (χ4n) is 2.35. The number of likely N-dealkylation sites (tertiary alicyclic amines) is 1. The van der Waals surface area contributed by atoms with Gasteiger partial charge in [0.05, 0.1) is 0 Å². The lowest BCUT2D eigenvalue weighted by Gasteiger charge is -2.20. The molecular weight excluding hydrogens is 184 g/mol. The molecule has 1 aliphatic heterocycles. The molecule has 1 unspecified atom stereocenters. The summed E-state index contributed by atoms with van der Waals surface area (Å²) in [5.74, 6) is 0.881. The Labute approximate surface area is 95.4 Å². The van der Waals surface area contributed by atoms with Crippen molar-refractivity contribution in [3.05, 3.63) is 0 Å². The van der Waals surface area contributed by atoms with Gasteiger partial charge in [0, 0.05) is 6.04 Å². The molecule has 15 heavy (non-hydrogen) atoms. The summed E-state index contributed by atoms with van der Waals surface area (Å²) in [6, 6.07) is 0.774. The fourth-order valence-corrected chi connectivity index (χ4v) is 2.35.